The predicted octanol–water partition coefficient (Wildman–Crippen LogP) is 4.34. The summed E-state index contributed by atoms with van der Waals surface area (Å²) in [6.07, 6.45) is -0.233. The molecule has 3 aromatic rings. The molecule has 0 atom stereocenters. The number of benzene rings is 2. The summed E-state index contributed by atoms with van der Waals surface area (Å²) in [5.74, 6) is -4.48. The van der Waals surface area contributed by atoms with Gasteiger partial charge in [0.25, 0.3) is 5.91 Å². The van der Waals surface area contributed by atoms with Gasteiger partial charge in [-0.3, -0.25) is 14.2 Å². The molecule has 0 bridgehead atoms. The van der Waals surface area contributed by atoms with Gasteiger partial charge in [0.05, 0.1) is 11.9 Å². The molecule has 1 heterocycles. The fourth-order valence-electron chi connectivity index (χ4n) is 3.29. The van der Waals surface area contributed by atoms with Crippen LogP contribution in [0.2, 0.25) is 5.02 Å². The van der Waals surface area contributed by atoms with Crippen LogP contribution in [0, 0.1) is 18.6 Å². The van der Waals surface area contributed by atoms with Gasteiger partial charge in [-0.25, -0.2) is 8.78 Å². The zero-order valence-corrected chi connectivity index (χ0v) is 16.8. The summed E-state index contributed by atoms with van der Waals surface area (Å²) < 4.78 is 30.0. The Balaban J connectivity index is 2.24. The van der Waals surface area contributed by atoms with E-state index in [1.54, 1.807) is 20.8 Å². The molecule has 29 heavy (non-hydrogen) atoms. The van der Waals surface area contributed by atoms with Crippen LogP contribution in [-0.2, 0) is 11.2 Å². The largest absolute Gasteiger partial charge is 0.503 e. The van der Waals surface area contributed by atoms with Crippen LogP contribution >= 0.6 is 11.6 Å². The molecule has 0 radical (unpaired) electrons. The molecule has 0 saturated heterocycles. The first-order valence-electron chi connectivity index (χ1n) is 8.92. The highest BCUT2D eigenvalue weighted by molar-refractivity contribution is 6.30. The Morgan fingerprint density at radius 3 is 2.41 bits per heavy atom. The molecule has 8 heteroatoms. The topological polar surface area (TPSA) is 71.3 Å². The lowest BCUT2D eigenvalue weighted by molar-refractivity contribution is -0.120. The Morgan fingerprint density at radius 2 is 1.83 bits per heavy atom. The van der Waals surface area contributed by atoms with Gasteiger partial charge in [0.15, 0.2) is 17.4 Å². The van der Waals surface area contributed by atoms with Crippen LogP contribution in [0.15, 0.2) is 30.3 Å². The molecule has 2 N–H and O–H groups in total. The van der Waals surface area contributed by atoms with Crippen molar-refractivity contribution in [3.63, 3.8) is 0 Å². The van der Waals surface area contributed by atoms with Crippen LogP contribution in [0.3, 0.4) is 0 Å². The predicted molar refractivity (Wildman–Crippen MR) is 106 cm³/mol. The maximum absolute atomic E-state index is 14.8. The van der Waals surface area contributed by atoms with Gasteiger partial charge < -0.3 is 10.4 Å². The van der Waals surface area contributed by atoms with Gasteiger partial charge in [0, 0.05) is 33.8 Å². The summed E-state index contributed by atoms with van der Waals surface area (Å²) in [5, 5.41) is 12.7. The number of nitrogens with zero attached hydrogens (tertiary/aromatic N) is 1. The second kappa shape index (κ2) is 7.83. The Kier molecular flexibility index (Phi) is 5.61. The Hall–Kier alpha value is -2.93. The van der Waals surface area contributed by atoms with Gasteiger partial charge in [-0.1, -0.05) is 11.6 Å². The van der Waals surface area contributed by atoms with Gasteiger partial charge in [0.2, 0.25) is 5.91 Å². The first-order valence-corrected chi connectivity index (χ1v) is 9.30. The second-order valence-corrected chi connectivity index (χ2v) is 7.46. The van der Waals surface area contributed by atoms with Crippen LogP contribution < -0.4 is 5.32 Å². The molecule has 152 valence electrons. The van der Waals surface area contributed by atoms with E-state index < -0.39 is 23.3 Å². The molecule has 0 aliphatic carbocycles. The highest BCUT2D eigenvalue weighted by Gasteiger charge is 2.27. The first-order chi connectivity index (χ1) is 13.6. The first kappa shape index (κ1) is 20.8. The monoisotopic (exact) mass is 420 g/mol. The van der Waals surface area contributed by atoms with E-state index in [4.69, 9.17) is 11.6 Å². The van der Waals surface area contributed by atoms with Crippen molar-refractivity contribution in [1.29, 1.82) is 0 Å². The Bertz CT molecular complexity index is 1120. The highest BCUT2D eigenvalue weighted by Crippen LogP contribution is 2.35. The summed E-state index contributed by atoms with van der Waals surface area (Å²) in [4.78, 5) is 25.4. The van der Waals surface area contributed by atoms with Gasteiger partial charge in [-0.2, -0.15) is 0 Å². The minimum absolute atomic E-state index is 0.0670. The van der Waals surface area contributed by atoms with Gasteiger partial charge in [-0.05, 0) is 50.6 Å². The lowest BCUT2D eigenvalue weighted by atomic mass is 10.1. The number of hydrogen-bond donors (Lipinski definition) is 2. The van der Waals surface area contributed by atoms with Crippen molar-refractivity contribution in [1.82, 2.24) is 9.88 Å². The number of hydrogen-bond acceptors (Lipinski definition) is 3. The van der Waals surface area contributed by atoms with Crippen LogP contribution in [-0.4, -0.2) is 27.5 Å². The third-order valence-corrected chi connectivity index (χ3v) is 4.82. The highest BCUT2D eigenvalue weighted by atomic mass is 35.5. The number of amides is 1. The van der Waals surface area contributed by atoms with E-state index in [9.17, 15) is 23.5 Å². The summed E-state index contributed by atoms with van der Waals surface area (Å²) in [7, 11) is 0. The lowest BCUT2D eigenvalue weighted by Gasteiger charge is -2.09. The molecule has 0 aliphatic heterocycles. The number of aromatic hydroxyl groups is 1. The number of phenols is 1. The maximum Gasteiger partial charge on any atom is 0.262 e. The Morgan fingerprint density at radius 1 is 1.21 bits per heavy atom. The average molecular weight is 421 g/mol. The van der Waals surface area contributed by atoms with Crippen molar-refractivity contribution in [2.75, 3.05) is 0 Å². The third kappa shape index (κ3) is 3.82. The number of rotatable bonds is 4. The molecular weight excluding hydrogens is 402 g/mol. The van der Waals surface area contributed by atoms with E-state index in [1.165, 1.54) is 24.3 Å². The molecule has 1 amide bonds. The van der Waals surface area contributed by atoms with Crippen molar-refractivity contribution in [3.05, 3.63) is 63.8 Å². The van der Waals surface area contributed by atoms with Gasteiger partial charge in [0.1, 0.15) is 0 Å². The van der Waals surface area contributed by atoms with Crippen molar-refractivity contribution in [3.8, 4) is 5.75 Å². The van der Waals surface area contributed by atoms with Crippen molar-refractivity contribution >= 4 is 34.3 Å². The molecule has 0 saturated carbocycles. The number of fused-ring (bicyclic) bond motifs is 1. The van der Waals surface area contributed by atoms with E-state index in [-0.39, 0.29) is 46.1 Å². The van der Waals surface area contributed by atoms with Gasteiger partial charge >= 0.3 is 0 Å². The zero-order chi connectivity index (χ0) is 21.5. The summed E-state index contributed by atoms with van der Waals surface area (Å²) in [6, 6.07) is 6.79. The average Bonchev–Trinajstić information content (AvgIpc) is 2.90. The minimum atomic E-state index is -1.21. The van der Waals surface area contributed by atoms with Crippen LogP contribution in [0.25, 0.3) is 10.9 Å². The molecule has 5 nitrogen and oxygen atoms in total. The summed E-state index contributed by atoms with van der Waals surface area (Å²) in [5.41, 5.74) is 0.667. The number of carbonyl (C=O) groups is 2. The van der Waals surface area contributed by atoms with E-state index in [0.717, 1.165) is 10.6 Å². The number of carbonyl (C=O) groups excluding carboxylic acids is 2. The molecule has 0 unspecified atom stereocenters. The molecular formula is C21H19ClF2N2O3. The van der Waals surface area contributed by atoms with Crippen LogP contribution in [0.5, 0.6) is 5.75 Å². The maximum atomic E-state index is 14.8. The molecule has 0 fully saturated rings. The quantitative estimate of drug-likeness (QED) is 0.659. The van der Waals surface area contributed by atoms with Gasteiger partial charge in [-0.15, -0.1) is 0 Å². The van der Waals surface area contributed by atoms with Crippen molar-refractivity contribution in [2.45, 2.75) is 33.2 Å². The van der Waals surface area contributed by atoms with E-state index in [1.807, 2.05) is 0 Å². The van der Waals surface area contributed by atoms with Crippen LogP contribution in [0.1, 0.15) is 35.5 Å². The Labute approximate surface area is 170 Å². The smallest absolute Gasteiger partial charge is 0.262 e. The molecule has 3 rings (SSSR count). The molecule has 2 aromatic carbocycles. The standard InChI is InChI=1S/C21H19ClF2N2O3/c1-10(2)25-17(27)8-14-11(3)26(21(29)12-4-6-13(22)7-5-12)16-9-15(23)20(28)19(24)18(14)16/h4-7,9-10,28H,8H2,1-3H3,(H,25,27). The van der Waals surface area contributed by atoms with Crippen molar-refractivity contribution in [2.24, 2.45) is 0 Å². The fourth-order valence-corrected chi connectivity index (χ4v) is 3.42. The SMILES string of the molecule is Cc1c(CC(=O)NC(C)C)c2c(F)c(O)c(F)cc2n1C(=O)c1ccc(Cl)cc1. The molecule has 1 aromatic heterocycles. The second-order valence-electron chi connectivity index (χ2n) is 7.03. The third-order valence-electron chi connectivity index (χ3n) is 4.57. The molecule has 0 spiro atoms. The summed E-state index contributed by atoms with van der Waals surface area (Å²) >= 11 is 5.86. The minimum Gasteiger partial charge on any atom is -0.503 e. The molecule has 0 aliphatic rings. The van der Waals surface area contributed by atoms with Crippen LogP contribution in [0.4, 0.5) is 8.78 Å². The van der Waals surface area contributed by atoms with E-state index in [2.05, 4.69) is 5.32 Å². The lowest BCUT2D eigenvalue weighted by Crippen LogP contribution is -2.31. The zero-order valence-electron chi connectivity index (χ0n) is 16.0. The van der Waals surface area contributed by atoms with E-state index in [0.29, 0.717) is 5.02 Å². The number of nitrogens with one attached hydrogen (secondary N) is 1. The number of phenolic OH excluding ortho intramolecular Hbond substituents is 1. The number of halogens is 3. The van der Waals surface area contributed by atoms with Crippen molar-refractivity contribution < 1.29 is 23.5 Å². The normalized spacial score (nSPS) is 11.3. The fraction of sp³-hybridized carbons (Fsp3) is 0.238. The van der Waals surface area contributed by atoms with E-state index >= 15 is 0 Å². The summed E-state index contributed by atoms with van der Waals surface area (Å²) in [6.45, 7) is 5.10. The number of aromatic nitrogens is 1.